The van der Waals surface area contributed by atoms with Gasteiger partial charge in [0.15, 0.2) is 5.78 Å². The van der Waals surface area contributed by atoms with Gasteiger partial charge in [-0.3, -0.25) is 4.79 Å². The van der Waals surface area contributed by atoms with E-state index in [-0.39, 0.29) is 11.7 Å². The standard InChI is InChI=1S/C16H14ClFO2/c1-10(2)20-13-5-3-4-11(8-13)16(19)14-9-12(17)6-7-15(14)18/h3-10H,1-2H3. The van der Waals surface area contributed by atoms with E-state index in [9.17, 15) is 9.18 Å². The minimum Gasteiger partial charge on any atom is -0.491 e. The molecule has 0 saturated carbocycles. The fourth-order valence-corrected chi connectivity index (χ4v) is 1.98. The third kappa shape index (κ3) is 3.36. The van der Waals surface area contributed by atoms with Crippen molar-refractivity contribution in [2.24, 2.45) is 0 Å². The van der Waals surface area contributed by atoms with E-state index in [4.69, 9.17) is 16.3 Å². The van der Waals surface area contributed by atoms with Crippen molar-refractivity contribution in [1.82, 2.24) is 0 Å². The smallest absolute Gasteiger partial charge is 0.196 e. The molecule has 0 aliphatic rings. The molecule has 0 unspecified atom stereocenters. The summed E-state index contributed by atoms with van der Waals surface area (Å²) in [5.41, 5.74) is 0.323. The van der Waals surface area contributed by atoms with Crippen molar-refractivity contribution in [3.63, 3.8) is 0 Å². The molecule has 0 heterocycles. The Morgan fingerprint density at radius 2 is 1.95 bits per heavy atom. The lowest BCUT2D eigenvalue weighted by Gasteiger charge is -2.10. The Kier molecular flexibility index (Phi) is 4.40. The molecule has 0 N–H and O–H groups in total. The molecule has 0 aliphatic heterocycles. The second-order valence-electron chi connectivity index (χ2n) is 4.65. The zero-order valence-electron chi connectivity index (χ0n) is 11.2. The van der Waals surface area contributed by atoms with E-state index in [1.807, 2.05) is 13.8 Å². The van der Waals surface area contributed by atoms with Gasteiger partial charge in [-0.15, -0.1) is 0 Å². The zero-order valence-corrected chi connectivity index (χ0v) is 11.9. The summed E-state index contributed by atoms with van der Waals surface area (Å²) in [6.45, 7) is 3.79. The minimum absolute atomic E-state index is 0.00302. The normalized spacial score (nSPS) is 10.7. The van der Waals surface area contributed by atoms with Crippen molar-refractivity contribution in [1.29, 1.82) is 0 Å². The maximum atomic E-state index is 13.7. The van der Waals surface area contributed by atoms with Gasteiger partial charge in [-0.25, -0.2) is 4.39 Å². The first kappa shape index (κ1) is 14.5. The third-order valence-electron chi connectivity index (χ3n) is 2.64. The predicted octanol–water partition coefficient (Wildman–Crippen LogP) is 4.50. The maximum absolute atomic E-state index is 13.7. The molecule has 2 aromatic carbocycles. The van der Waals surface area contributed by atoms with E-state index in [0.29, 0.717) is 16.3 Å². The molecule has 0 spiro atoms. The fourth-order valence-electron chi connectivity index (χ4n) is 1.81. The van der Waals surface area contributed by atoms with Gasteiger partial charge in [0, 0.05) is 10.6 Å². The monoisotopic (exact) mass is 292 g/mol. The van der Waals surface area contributed by atoms with Crippen molar-refractivity contribution in [2.45, 2.75) is 20.0 Å². The molecule has 0 radical (unpaired) electrons. The lowest BCUT2D eigenvalue weighted by atomic mass is 10.0. The first-order chi connectivity index (χ1) is 9.47. The first-order valence-corrected chi connectivity index (χ1v) is 6.61. The van der Waals surface area contributed by atoms with Gasteiger partial charge in [0.25, 0.3) is 0 Å². The predicted molar refractivity (Wildman–Crippen MR) is 77.0 cm³/mol. The van der Waals surface area contributed by atoms with E-state index in [1.54, 1.807) is 24.3 Å². The molecule has 0 bridgehead atoms. The van der Waals surface area contributed by atoms with Gasteiger partial charge in [-0.1, -0.05) is 23.7 Å². The average molecular weight is 293 g/mol. The highest BCUT2D eigenvalue weighted by molar-refractivity contribution is 6.31. The van der Waals surface area contributed by atoms with Crippen LogP contribution in [0.15, 0.2) is 42.5 Å². The molecule has 2 rings (SSSR count). The molecular weight excluding hydrogens is 279 g/mol. The SMILES string of the molecule is CC(C)Oc1cccc(C(=O)c2cc(Cl)ccc2F)c1. The van der Waals surface area contributed by atoms with E-state index in [1.165, 1.54) is 18.2 Å². The molecule has 0 aromatic heterocycles. The molecule has 104 valence electrons. The fraction of sp³-hybridized carbons (Fsp3) is 0.188. The molecule has 0 fully saturated rings. The molecule has 0 saturated heterocycles. The van der Waals surface area contributed by atoms with Crippen molar-refractivity contribution >= 4 is 17.4 Å². The summed E-state index contributed by atoms with van der Waals surface area (Å²) in [5, 5.41) is 0.323. The van der Waals surface area contributed by atoms with Gasteiger partial charge in [0.05, 0.1) is 11.7 Å². The van der Waals surface area contributed by atoms with Crippen LogP contribution in [0.3, 0.4) is 0 Å². The number of benzene rings is 2. The van der Waals surface area contributed by atoms with E-state index < -0.39 is 11.6 Å². The van der Waals surface area contributed by atoms with Crippen LogP contribution in [0.25, 0.3) is 0 Å². The Morgan fingerprint density at radius 1 is 1.20 bits per heavy atom. The van der Waals surface area contributed by atoms with Gasteiger partial charge in [0.1, 0.15) is 11.6 Å². The number of ketones is 1. The van der Waals surface area contributed by atoms with Gasteiger partial charge in [-0.05, 0) is 44.2 Å². The molecule has 0 aliphatic carbocycles. The number of hydrogen-bond donors (Lipinski definition) is 0. The molecular formula is C16H14ClFO2. The molecule has 20 heavy (non-hydrogen) atoms. The van der Waals surface area contributed by atoms with Crippen LogP contribution < -0.4 is 4.74 Å². The Bertz CT molecular complexity index is 638. The highest BCUT2D eigenvalue weighted by Gasteiger charge is 2.15. The number of hydrogen-bond acceptors (Lipinski definition) is 2. The van der Waals surface area contributed by atoms with Crippen molar-refractivity contribution < 1.29 is 13.9 Å². The topological polar surface area (TPSA) is 26.3 Å². The quantitative estimate of drug-likeness (QED) is 0.776. The Balaban J connectivity index is 2.35. The lowest BCUT2D eigenvalue weighted by Crippen LogP contribution is -2.08. The van der Waals surface area contributed by atoms with Crippen LogP contribution in [0.4, 0.5) is 4.39 Å². The number of ether oxygens (including phenoxy) is 1. The average Bonchev–Trinajstić information content (AvgIpc) is 2.40. The van der Waals surface area contributed by atoms with E-state index >= 15 is 0 Å². The largest absolute Gasteiger partial charge is 0.491 e. The van der Waals surface area contributed by atoms with Gasteiger partial charge in [-0.2, -0.15) is 0 Å². The van der Waals surface area contributed by atoms with Crippen LogP contribution in [-0.4, -0.2) is 11.9 Å². The van der Waals surface area contributed by atoms with Crippen molar-refractivity contribution in [3.8, 4) is 5.75 Å². The summed E-state index contributed by atoms with van der Waals surface area (Å²) in [6.07, 6.45) is 0.00302. The van der Waals surface area contributed by atoms with Crippen LogP contribution in [0.5, 0.6) is 5.75 Å². The second kappa shape index (κ2) is 6.06. The zero-order chi connectivity index (χ0) is 14.7. The van der Waals surface area contributed by atoms with E-state index in [2.05, 4.69) is 0 Å². The summed E-state index contributed by atoms with van der Waals surface area (Å²) in [6, 6.07) is 10.6. The molecule has 4 heteroatoms. The lowest BCUT2D eigenvalue weighted by molar-refractivity contribution is 0.103. The summed E-state index contributed by atoms with van der Waals surface area (Å²) in [5.74, 6) is -0.429. The molecule has 0 atom stereocenters. The summed E-state index contributed by atoms with van der Waals surface area (Å²) in [7, 11) is 0. The highest BCUT2D eigenvalue weighted by atomic mass is 35.5. The maximum Gasteiger partial charge on any atom is 0.196 e. The number of carbonyl (C=O) groups excluding carboxylic acids is 1. The number of carbonyl (C=O) groups is 1. The van der Waals surface area contributed by atoms with Crippen LogP contribution in [0.1, 0.15) is 29.8 Å². The van der Waals surface area contributed by atoms with Crippen molar-refractivity contribution in [3.05, 3.63) is 64.4 Å². The molecule has 0 amide bonds. The Morgan fingerprint density at radius 3 is 2.65 bits per heavy atom. The Hall–Kier alpha value is -1.87. The van der Waals surface area contributed by atoms with Crippen LogP contribution in [0, 0.1) is 5.82 Å². The minimum atomic E-state index is -0.588. The van der Waals surface area contributed by atoms with Crippen LogP contribution in [0.2, 0.25) is 5.02 Å². The van der Waals surface area contributed by atoms with Gasteiger partial charge in [0.2, 0.25) is 0 Å². The molecule has 2 nitrogen and oxygen atoms in total. The van der Waals surface area contributed by atoms with Gasteiger partial charge < -0.3 is 4.74 Å². The second-order valence-corrected chi connectivity index (χ2v) is 5.08. The first-order valence-electron chi connectivity index (χ1n) is 6.24. The summed E-state index contributed by atoms with van der Waals surface area (Å²) >= 11 is 5.80. The third-order valence-corrected chi connectivity index (χ3v) is 2.88. The number of rotatable bonds is 4. The highest BCUT2D eigenvalue weighted by Crippen LogP contribution is 2.21. The summed E-state index contributed by atoms with van der Waals surface area (Å²) in [4.78, 5) is 12.3. The Labute approximate surface area is 122 Å². The van der Waals surface area contributed by atoms with Crippen LogP contribution in [-0.2, 0) is 0 Å². The van der Waals surface area contributed by atoms with Gasteiger partial charge >= 0.3 is 0 Å². The van der Waals surface area contributed by atoms with Crippen LogP contribution >= 0.6 is 11.6 Å². The van der Waals surface area contributed by atoms with E-state index in [0.717, 1.165) is 0 Å². The number of halogens is 2. The summed E-state index contributed by atoms with van der Waals surface area (Å²) < 4.78 is 19.2. The molecule has 2 aromatic rings. The van der Waals surface area contributed by atoms with Crippen molar-refractivity contribution in [2.75, 3.05) is 0 Å².